The minimum Gasteiger partial charge on any atom is -0.478 e. The molecule has 0 aliphatic rings. The van der Waals surface area contributed by atoms with Crippen molar-refractivity contribution in [3.8, 4) is 0 Å². The van der Waals surface area contributed by atoms with Crippen molar-refractivity contribution in [1.82, 2.24) is 14.7 Å². The van der Waals surface area contributed by atoms with Crippen LogP contribution in [0.25, 0.3) is 6.08 Å². The maximum absolute atomic E-state index is 12.1. The molecule has 0 unspecified atom stereocenters. The number of pyridine rings is 1. The summed E-state index contributed by atoms with van der Waals surface area (Å²) in [5.41, 5.74) is 2.00. The van der Waals surface area contributed by atoms with Gasteiger partial charge in [-0.2, -0.15) is 0 Å². The van der Waals surface area contributed by atoms with E-state index in [1.165, 1.54) is 35.9 Å². The number of nitrogens with zero attached hydrogens (tertiary/aromatic N) is 2. The minimum atomic E-state index is -3.71. The molecule has 2 N–H and O–H groups in total. The van der Waals surface area contributed by atoms with Crippen molar-refractivity contribution in [2.75, 3.05) is 0 Å². The Hall–Kier alpha value is -2.10. The first-order valence-corrected chi connectivity index (χ1v) is 8.07. The lowest BCUT2D eigenvalue weighted by Crippen LogP contribution is -2.23. The molecule has 0 saturated heterocycles. The Bertz CT molecular complexity index is 755. The van der Waals surface area contributed by atoms with E-state index in [9.17, 15) is 13.2 Å². The number of carboxylic acids is 1. The molecule has 0 radical (unpaired) electrons. The van der Waals surface area contributed by atoms with E-state index in [-0.39, 0.29) is 11.4 Å². The van der Waals surface area contributed by atoms with Crippen LogP contribution in [-0.4, -0.2) is 29.5 Å². The normalized spacial score (nSPS) is 11.8. The summed E-state index contributed by atoms with van der Waals surface area (Å²) in [5, 5.41) is 8.55. The van der Waals surface area contributed by atoms with Gasteiger partial charge in [0.15, 0.2) is 0 Å². The first kappa shape index (κ1) is 15.3. The van der Waals surface area contributed by atoms with Crippen molar-refractivity contribution >= 4 is 33.4 Å². The van der Waals surface area contributed by atoms with Crippen LogP contribution in [0.2, 0.25) is 0 Å². The fourth-order valence-electron chi connectivity index (χ4n) is 1.42. The Kier molecular flexibility index (Phi) is 4.78. The van der Waals surface area contributed by atoms with Gasteiger partial charge in [-0.05, 0) is 17.7 Å². The van der Waals surface area contributed by atoms with Gasteiger partial charge in [0.25, 0.3) is 0 Å². The second-order valence-electron chi connectivity index (χ2n) is 3.92. The zero-order valence-corrected chi connectivity index (χ0v) is 12.3. The number of sulfonamides is 1. The maximum atomic E-state index is 12.1. The molecule has 0 saturated carbocycles. The molecule has 0 bridgehead atoms. The van der Waals surface area contributed by atoms with E-state index in [1.807, 2.05) is 0 Å². The zero-order valence-electron chi connectivity index (χ0n) is 10.6. The van der Waals surface area contributed by atoms with Crippen LogP contribution in [0, 0.1) is 0 Å². The highest BCUT2D eigenvalue weighted by Gasteiger charge is 2.14. The summed E-state index contributed by atoms with van der Waals surface area (Å²) >= 11 is 1.34. The number of hydrogen-bond acceptors (Lipinski definition) is 6. The molecule has 2 heterocycles. The molecule has 9 heteroatoms. The summed E-state index contributed by atoms with van der Waals surface area (Å²) in [4.78, 5) is 18.9. The zero-order chi connectivity index (χ0) is 15.3. The van der Waals surface area contributed by atoms with E-state index in [4.69, 9.17) is 5.11 Å². The van der Waals surface area contributed by atoms with Crippen LogP contribution in [0.1, 0.15) is 10.4 Å². The largest absolute Gasteiger partial charge is 0.478 e. The first-order chi connectivity index (χ1) is 9.97. The highest BCUT2D eigenvalue weighted by atomic mass is 32.2. The lowest BCUT2D eigenvalue weighted by atomic mass is 10.2. The lowest BCUT2D eigenvalue weighted by Gasteiger charge is -2.05. The topological polar surface area (TPSA) is 109 Å². The highest BCUT2D eigenvalue weighted by molar-refractivity contribution is 7.89. The van der Waals surface area contributed by atoms with Crippen molar-refractivity contribution in [2.45, 2.75) is 11.4 Å². The predicted octanol–water partition coefficient (Wildman–Crippen LogP) is 1.11. The molecule has 21 heavy (non-hydrogen) atoms. The maximum Gasteiger partial charge on any atom is 0.328 e. The second kappa shape index (κ2) is 6.57. The van der Waals surface area contributed by atoms with Crippen molar-refractivity contribution in [3.63, 3.8) is 0 Å². The third kappa shape index (κ3) is 4.45. The highest BCUT2D eigenvalue weighted by Crippen LogP contribution is 2.12. The van der Waals surface area contributed by atoms with Crippen LogP contribution in [0.15, 0.2) is 41.1 Å². The van der Waals surface area contributed by atoms with E-state index in [0.717, 1.165) is 11.0 Å². The molecule has 0 aliphatic carbocycles. The van der Waals surface area contributed by atoms with Gasteiger partial charge in [0.1, 0.15) is 4.90 Å². The number of carboxylic acid groups (broad SMARTS) is 1. The fourth-order valence-corrected chi connectivity index (χ4v) is 3.05. The molecule has 0 amide bonds. The Morgan fingerprint density at radius 3 is 2.81 bits per heavy atom. The molecular formula is C12H11N3O4S2. The number of aromatic nitrogens is 2. The second-order valence-corrected chi connectivity index (χ2v) is 6.66. The summed E-state index contributed by atoms with van der Waals surface area (Å²) < 4.78 is 26.7. The van der Waals surface area contributed by atoms with Crippen molar-refractivity contribution in [1.29, 1.82) is 0 Å². The van der Waals surface area contributed by atoms with Crippen molar-refractivity contribution in [3.05, 3.63) is 46.7 Å². The molecule has 7 nitrogen and oxygen atoms in total. The van der Waals surface area contributed by atoms with Gasteiger partial charge in [0.2, 0.25) is 10.0 Å². The van der Waals surface area contributed by atoms with Gasteiger partial charge in [-0.15, -0.1) is 11.3 Å². The van der Waals surface area contributed by atoms with Crippen molar-refractivity contribution in [2.24, 2.45) is 0 Å². The van der Waals surface area contributed by atoms with Gasteiger partial charge in [-0.3, -0.25) is 9.97 Å². The number of nitrogens with one attached hydrogen (secondary N) is 1. The number of aliphatic carboxylic acids is 1. The Labute approximate surface area is 125 Å². The van der Waals surface area contributed by atoms with Gasteiger partial charge in [0, 0.05) is 36.1 Å². The molecule has 110 valence electrons. The molecule has 2 aromatic heterocycles. The van der Waals surface area contributed by atoms with Crippen LogP contribution in [0.5, 0.6) is 0 Å². The molecule has 0 aliphatic heterocycles. The van der Waals surface area contributed by atoms with E-state index >= 15 is 0 Å². The van der Waals surface area contributed by atoms with Crippen LogP contribution >= 0.6 is 11.3 Å². The van der Waals surface area contributed by atoms with E-state index in [2.05, 4.69) is 14.7 Å². The standard InChI is InChI=1S/C12H11N3O4S2/c16-12(17)2-1-9-3-11(7-13-4-9)21(18,19)15-6-10-5-14-8-20-10/h1-5,7-8,15H,6H2,(H,16,17)/b2-1+. The van der Waals surface area contributed by atoms with Crippen molar-refractivity contribution < 1.29 is 18.3 Å². The van der Waals surface area contributed by atoms with Crippen LogP contribution in [-0.2, 0) is 21.4 Å². The molecule has 0 spiro atoms. The summed E-state index contributed by atoms with van der Waals surface area (Å²) in [7, 11) is -3.71. The molecular weight excluding hydrogens is 314 g/mol. The number of thiazole rings is 1. The van der Waals surface area contributed by atoms with Gasteiger partial charge >= 0.3 is 5.97 Å². The SMILES string of the molecule is O=C(O)/C=C/c1cncc(S(=O)(=O)NCc2cncs2)c1. The van der Waals surface area contributed by atoms with E-state index in [1.54, 1.807) is 11.7 Å². The monoisotopic (exact) mass is 325 g/mol. The molecule has 0 atom stereocenters. The minimum absolute atomic E-state index is 0.0282. The summed E-state index contributed by atoms with van der Waals surface area (Å²) in [6.45, 7) is 0.141. The smallest absolute Gasteiger partial charge is 0.328 e. The predicted molar refractivity (Wildman–Crippen MR) is 77.0 cm³/mol. The molecule has 0 fully saturated rings. The van der Waals surface area contributed by atoms with Gasteiger partial charge in [-0.25, -0.2) is 17.9 Å². The van der Waals surface area contributed by atoms with Gasteiger partial charge in [-0.1, -0.05) is 0 Å². The Morgan fingerprint density at radius 2 is 2.14 bits per heavy atom. The lowest BCUT2D eigenvalue weighted by molar-refractivity contribution is -0.131. The summed E-state index contributed by atoms with van der Waals surface area (Å²) in [6, 6.07) is 1.35. The third-order valence-corrected chi connectivity index (χ3v) is 4.53. The Balaban J connectivity index is 2.16. The quantitative estimate of drug-likeness (QED) is 0.770. The third-order valence-electron chi connectivity index (χ3n) is 2.38. The number of hydrogen-bond donors (Lipinski definition) is 2. The van der Waals surface area contributed by atoms with Gasteiger partial charge in [0.05, 0.1) is 5.51 Å². The Morgan fingerprint density at radius 1 is 1.33 bits per heavy atom. The van der Waals surface area contributed by atoms with Crippen LogP contribution in [0.4, 0.5) is 0 Å². The molecule has 2 rings (SSSR count). The molecule has 2 aromatic rings. The van der Waals surface area contributed by atoms with Gasteiger partial charge < -0.3 is 5.11 Å². The first-order valence-electron chi connectivity index (χ1n) is 5.70. The average molecular weight is 325 g/mol. The number of carbonyl (C=O) groups is 1. The van der Waals surface area contributed by atoms with E-state index in [0.29, 0.717) is 5.56 Å². The van der Waals surface area contributed by atoms with Crippen LogP contribution < -0.4 is 4.72 Å². The van der Waals surface area contributed by atoms with Crippen LogP contribution in [0.3, 0.4) is 0 Å². The summed E-state index contributed by atoms with van der Waals surface area (Å²) in [6.07, 6.45) is 6.35. The summed E-state index contributed by atoms with van der Waals surface area (Å²) in [5.74, 6) is -1.12. The molecule has 0 aromatic carbocycles. The average Bonchev–Trinajstić information content (AvgIpc) is 2.97. The van der Waals surface area contributed by atoms with E-state index < -0.39 is 16.0 Å². The fraction of sp³-hybridized carbons (Fsp3) is 0.0833. The number of rotatable bonds is 6.